The van der Waals surface area contributed by atoms with Crippen LogP contribution < -0.4 is 14.8 Å². The van der Waals surface area contributed by atoms with Crippen LogP contribution in [0.15, 0.2) is 53.9 Å². The normalized spacial score (nSPS) is 15.6. The average Bonchev–Trinajstić information content (AvgIpc) is 3.27. The van der Waals surface area contributed by atoms with E-state index in [9.17, 15) is 9.18 Å². The Balaban J connectivity index is 1.74. The van der Waals surface area contributed by atoms with E-state index in [4.69, 9.17) is 9.47 Å². The molecule has 1 atom stereocenters. The number of benzene rings is 2. The Morgan fingerprint density at radius 2 is 1.90 bits per heavy atom. The highest BCUT2D eigenvalue weighted by Gasteiger charge is 2.34. The molecule has 1 aliphatic rings. The summed E-state index contributed by atoms with van der Waals surface area (Å²) < 4.78 is 25.0. The van der Waals surface area contributed by atoms with E-state index in [0.717, 1.165) is 16.0 Å². The molecule has 0 spiro atoms. The number of nitrogens with one attached hydrogen (secondary N) is 1. The van der Waals surface area contributed by atoms with Gasteiger partial charge in [-0.25, -0.2) is 9.18 Å². The number of carbonyl (C=O) groups excluding carboxylic acids is 1. The monoisotopic (exact) mass is 412 g/mol. The average molecular weight is 412 g/mol. The SMILES string of the molecule is COc1cc2c(cc1OC)[C@H](c1cccs1)N(C(=O)Nc1ccccc1F)CC2. The van der Waals surface area contributed by atoms with Crippen molar-refractivity contribution in [1.82, 2.24) is 4.90 Å². The van der Waals surface area contributed by atoms with Crippen molar-refractivity contribution in [3.8, 4) is 11.5 Å². The van der Waals surface area contributed by atoms with Crippen molar-refractivity contribution in [2.45, 2.75) is 12.5 Å². The molecule has 0 unspecified atom stereocenters. The minimum atomic E-state index is -0.461. The van der Waals surface area contributed by atoms with Gasteiger partial charge in [-0.05, 0) is 53.3 Å². The lowest BCUT2D eigenvalue weighted by atomic mass is 9.91. The maximum absolute atomic E-state index is 14.0. The quantitative estimate of drug-likeness (QED) is 0.650. The number of methoxy groups -OCH3 is 2. The van der Waals surface area contributed by atoms with Gasteiger partial charge in [-0.1, -0.05) is 18.2 Å². The summed E-state index contributed by atoms with van der Waals surface area (Å²) in [6.45, 7) is 0.505. The van der Waals surface area contributed by atoms with Gasteiger partial charge in [0.1, 0.15) is 5.82 Å². The summed E-state index contributed by atoms with van der Waals surface area (Å²) in [5, 5.41) is 4.70. The summed E-state index contributed by atoms with van der Waals surface area (Å²) >= 11 is 1.58. The Bertz CT molecular complexity index is 1020. The number of nitrogens with zero attached hydrogens (tertiary/aromatic N) is 1. The number of carbonyl (C=O) groups is 1. The summed E-state index contributed by atoms with van der Waals surface area (Å²) in [5.41, 5.74) is 2.26. The molecule has 1 aromatic heterocycles. The lowest BCUT2D eigenvalue weighted by Crippen LogP contribution is -2.42. The maximum atomic E-state index is 14.0. The van der Waals surface area contributed by atoms with Gasteiger partial charge in [0.05, 0.1) is 25.9 Å². The van der Waals surface area contributed by atoms with Gasteiger partial charge in [0.25, 0.3) is 0 Å². The Morgan fingerprint density at radius 1 is 1.14 bits per heavy atom. The van der Waals surface area contributed by atoms with Crippen molar-refractivity contribution in [1.29, 1.82) is 0 Å². The maximum Gasteiger partial charge on any atom is 0.322 e. The number of ether oxygens (including phenoxy) is 2. The van der Waals surface area contributed by atoms with Crippen LogP contribution in [0.25, 0.3) is 0 Å². The number of hydrogen-bond acceptors (Lipinski definition) is 4. The lowest BCUT2D eigenvalue weighted by Gasteiger charge is -2.37. The van der Waals surface area contributed by atoms with E-state index in [1.807, 2.05) is 29.6 Å². The van der Waals surface area contributed by atoms with Crippen LogP contribution in [0.3, 0.4) is 0 Å². The van der Waals surface area contributed by atoms with E-state index in [-0.39, 0.29) is 17.8 Å². The molecule has 3 aromatic rings. The van der Waals surface area contributed by atoms with Gasteiger partial charge < -0.3 is 19.7 Å². The Kier molecular flexibility index (Phi) is 5.40. The van der Waals surface area contributed by atoms with Crippen molar-refractivity contribution >= 4 is 23.1 Å². The first kappa shape index (κ1) is 19.3. The summed E-state index contributed by atoms with van der Waals surface area (Å²) in [6.07, 6.45) is 0.669. The van der Waals surface area contributed by atoms with E-state index >= 15 is 0 Å². The molecule has 150 valence electrons. The number of amides is 2. The Hall–Kier alpha value is -3.06. The topological polar surface area (TPSA) is 50.8 Å². The molecule has 4 rings (SSSR count). The number of fused-ring (bicyclic) bond motifs is 1. The van der Waals surface area contributed by atoms with Crippen molar-refractivity contribution in [2.75, 3.05) is 26.1 Å². The first-order valence-corrected chi connectivity index (χ1v) is 10.1. The highest BCUT2D eigenvalue weighted by atomic mass is 32.1. The fourth-order valence-electron chi connectivity index (χ4n) is 3.67. The molecule has 7 heteroatoms. The van der Waals surface area contributed by atoms with Crippen LogP contribution >= 0.6 is 11.3 Å². The fourth-order valence-corrected chi connectivity index (χ4v) is 4.52. The third kappa shape index (κ3) is 3.65. The zero-order valence-corrected chi connectivity index (χ0v) is 17.0. The third-order valence-electron chi connectivity index (χ3n) is 5.06. The van der Waals surface area contributed by atoms with Gasteiger partial charge in [-0.15, -0.1) is 11.3 Å². The second-order valence-corrected chi connectivity index (χ2v) is 7.66. The predicted octanol–water partition coefficient (Wildman–Crippen LogP) is 5.08. The second-order valence-electron chi connectivity index (χ2n) is 6.68. The van der Waals surface area contributed by atoms with Crippen LogP contribution in [-0.4, -0.2) is 31.7 Å². The summed E-state index contributed by atoms with van der Waals surface area (Å²) in [6, 6.07) is 13.4. The largest absolute Gasteiger partial charge is 0.493 e. The zero-order chi connectivity index (χ0) is 20.4. The third-order valence-corrected chi connectivity index (χ3v) is 5.99. The predicted molar refractivity (Wildman–Crippen MR) is 112 cm³/mol. The molecule has 0 bridgehead atoms. The molecule has 1 aliphatic heterocycles. The van der Waals surface area contributed by atoms with E-state index in [1.54, 1.807) is 48.7 Å². The van der Waals surface area contributed by atoms with Gasteiger partial charge in [0.15, 0.2) is 11.5 Å². The van der Waals surface area contributed by atoms with Crippen LogP contribution in [0.2, 0.25) is 0 Å². The number of para-hydroxylation sites is 1. The lowest BCUT2D eigenvalue weighted by molar-refractivity contribution is 0.194. The molecule has 29 heavy (non-hydrogen) atoms. The van der Waals surface area contributed by atoms with E-state index in [1.165, 1.54) is 6.07 Å². The standard InChI is InChI=1S/C22H21FN2O3S/c1-27-18-12-14-9-10-25(22(26)24-17-7-4-3-6-16(17)23)21(20-8-5-11-29-20)15(14)13-19(18)28-2/h3-8,11-13,21H,9-10H2,1-2H3,(H,24,26)/t21-/m1/s1. The Labute approximate surface area is 172 Å². The Morgan fingerprint density at radius 3 is 2.59 bits per heavy atom. The van der Waals surface area contributed by atoms with E-state index in [0.29, 0.717) is 24.5 Å². The first-order valence-electron chi connectivity index (χ1n) is 9.22. The number of urea groups is 1. The van der Waals surface area contributed by atoms with Crippen LogP contribution in [-0.2, 0) is 6.42 Å². The van der Waals surface area contributed by atoms with Crippen molar-refractivity contribution in [3.63, 3.8) is 0 Å². The van der Waals surface area contributed by atoms with Crippen LogP contribution in [0.1, 0.15) is 22.0 Å². The van der Waals surface area contributed by atoms with Crippen molar-refractivity contribution < 1.29 is 18.7 Å². The number of thiophene rings is 1. The minimum absolute atomic E-state index is 0.167. The highest BCUT2D eigenvalue weighted by Crippen LogP contribution is 2.42. The van der Waals surface area contributed by atoms with Gasteiger partial charge >= 0.3 is 6.03 Å². The molecule has 0 aliphatic carbocycles. The summed E-state index contributed by atoms with van der Waals surface area (Å²) in [7, 11) is 3.20. The van der Waals surface area contributed by atoms with Gasteiger partial charge in [0, 0.05) is 11.4 Å². The molecular formula is C22H21FN2O3S. The molecule has 2 heterocycles. The molecule has 0 fully saturated rings. The fraction of sp³-hybridized carbons (Fsp3) is 0.227. The highest BCUT2D eigenvalue weighted by molar-refractivity contribution is 7.10. The molecule has 0 saturated heterocycles. The molecule has 0 saturated carbocycles. The van der Waals surface area contributed by atoms with E-state index < -0.39 is 5.82 Å². The number of anilines is 1. The molecular weight excluding hydrogens is 391 g/mol. The summed E-state index contributed by atoms with van der Waals surface area (Å²) in [5.74, 6) is 0.821. The number of rotatable bonds is 4. The van der Waals surface area contributed by atoms with Gasteiger partial charge in [0.2, 0.25) is 0 Å². The van der Waals surface area contributed by atoms with Crippen molar-refractivity contribution in [3.05, 3.63) is 75.7 Å². The van der Waals surface area contributed by atoms with Gasteiger partial charge in [-0.2, -0.15) is 0 Å². The van der Waals surface area contributed by atoms with Gasteiger partial charge in [-0.3, -0.25) is 0 Å². The molecule has 2 aromatic carbocycles. The second kappa shape index (κ2) is 8.13. The molecule has 0 radical (unpaired) electrons. The molecule has 2 amide bonds. The zero-order valence-electron chi connectivity index (χ0n) is 16.1. The minimum Gasteiger partial charge on any atom is -0.493 e. The van der Waals surface area contributed by atoms with Crippen LogP contribution in [0, 0.1) is 5.82 Å². The smallest absolute Gasteiger partial charge is 0.322 e. The number of hydrogen-bond donors (Lipinski definition) is 1. The van der Waals surface area contributed by atoms with Crippen LogP contribution in [0.4, 0.5) is 14.9 Å². The number of halogens is 1. The van der Waals surface area contributed by atoms with Crippen molar-refractivity contribution in [2.24, 2.45) is 0 Å². The van der Waals surface area contributed by atoms with E-state index in [2.05, 4.69) is 5.32 Å². The molecule has 1 N–H and O–H groups in total. The van der Waals surface area contributed by atoms with Crippen LogP contribution in [0.5, 0.6) is 11.5 Å². The first-order chi connectivity index (χ1) is 14.1. The summed E-state index contributed by atoms with van der Waals surface area (Å²) in [4.78, 5) is 15.9. The molecule has 5 nitrogen and oxygen atoms in total.